The van der Waals surface area contributed by atoms with Gasteiger partial charge in [-0.15, -0.1) is 0 Å². The quantitative estimate of drug-likeness (QED) is 0.544. The highest BCUT2D eigenvalue weighted by Crippen LogP contribution is 2.27. The van der Waals surface area contributed by atoms with Gasteiger partial charge in [0.15, 0.2) is 11.5 Å². The number of methoxy groups -OCH3 is 2. The standard InChI is InChI=1S/C12H14O4/c1-14-11-6-5-10(8-12(11)15-2)4-3-7-16-9-13/h3-6,8-9H,7H2,1-2H3. The van der Waals surface area contributed by atoms with E-state index in [1.165, 1.54) is 0 Å². The fraction of sp³-hybridized carbons (Fsp3) is 0.250. The van der Waals surface area contributed by atoms with Crippen LogP contribution in [0.2, 0.25) is 0 Å². The summed E-state index contributed by atoms with van der Waals surface area (Å²) in [4.78, 5) is 9.91. The van der Waals surface area contributed by atoms with E-state index in [-0.39, 0.29) is 6.61 Å². The summed E-state index contributed by atoms with van der Waals surface area (Å²) in [5, 5.41) is 0. The Bertz CT molecular complexity index is 371. The number of carbonyl (C=O) groups excluding carboxylic acids is 1. The van der Waals surface area contributed by atoms with E-state index in [1.807, 2.05) is 24.3 Å². The maximum Gasteiger partial charge on any atom is 0.293 e. The van der Waals surface area contributed by atoms with Gasteiger partial charge >= 0.3 is 0 Å². The van der Waals surface area contributed by atoms with Crippen LogP contribution in [-0.2, 0) is 9.53 Å². The summed E-state index contributed by atoms with van der Waals surface area (Å²) in [5.41, 5.74) is 0.951. The maximum atomic E-state index is 9.91. The molecule has 0 amide bonds. The lowest BCUT2D eigenvalue weighted by Crippen LogP contribution is -1.90. The SMILES string of the molecule is COc1ccc(C=CCOC=O)cc1OC. The van der Waals surface area contributed by atoms with Gasteiger partial charge in [0.2, 0.25) is 0 Å². The lowest BCUT2D eigenvalue weighted by molar-refractivity contribution is -0.127. The Balaban J connectivity index is 2.74. The minimum Gasteiger partial charge on any atom is -0.493 e. The van der Waals surface area contributed by atoms with Gasteiger partial charge in [0.05, 0.1) is 14.2 Å². The van der Waals surface area contributed by atoms with Crippen molar-refractivity contribution in [3.8, 4) is 11.5 Å². The average Bonchev–Trinajstić information content (AvgIpc) is 2.34. The summed E-state index contributed by atoms with van der Waals surface area (Å²) in [7, 11) is 3.17. The number of rotatable bonds is 6. The topological polar surface area (TPSA) is 44.8 Å². The van der Waals surface area contributed by atoms with Crippen molar-refractivity contribution in [2.24, 2.45) is 0 Å². The summed E-state index contributed by atoms with van der Waals surface area (Å²) in [6.07, 6.45) is 3.58. The fourth-order valence-electron chi connectivity index (χ4n) is 1.24. The van der Waals surface area contributed by atoms with Gasteiger partial charge in [-0.2, -0.15) is 0 Å². The molecule has 0 aliphatic carbocycles. The first-order valence-electron chi connectivity index (χ1n) is 4.75. The lowest BCUT2D eigenvalue weighted by Gasteiger charge is -2.07. The highest BCUT2D eigenvalue weighted by atomic mass is 16.5. The molecule has 0 spiro atoms. The molecule has 0 unspecified atom stereocenters. The molecule has 4 nitrogen and oxygen atoms in total. The van der Waals surface area contributed by atoms with Gasteiger partial charge in [-0.25, -0.2) is 0 Å². The lowest BCUT2D eigenvalue weighted by atomic mass is 10.2. The average molecular weight is 222 g/mol. The number of hydrogen-bond donors (Lipinski definition) is 0. The van der Waals surface area contributed by atoms with E-state index in [1.54, 1.807) is 20.3 Å². The van der Waals surface area contributed by atoms with E-state index in [0.29, 0.717) is 18.0 Å². The summed E-state index contributed by atoms with van der Waals surface area (Å²) < 4.78 is 14.8. The Kier molecular flexibility index (Phi) is 4.92. The van der Waals surface area contributed by atoms with Gasteiger partial charge in [0.25, 0.3) is 6.47 Å². The Morgan fingerprint density at radius 2 is 1.94 bits per heavy atom. The van der Waals surface area contributed by atoms with Crippen molar-refractivity contribution >= 4 is 12.5 Å². The molecule has 1 aromatic rings. The highest BCUT2D eigenvalue weighted by Gasteiger charge is 2.02. The van der Waals surface area contributed by atoms with Crippen molar-refractivity contribution in [3.63, 3.8) is 0 Å². The number of benzene rings is 1. The molecule has 0 saturated heterocycles. The van der Waals surface area contributed by atoms with Gasteiger partial charge in [0.1, 0.15) is 6.61 Å². The molecule has 0 N–H and O–H groups in total. The molecule has 0 heterocycles. The van der Waals surface area contributed by atoms with Crippen LogP contribution in [0, 0.1) is 0 Å². The van der Waals surface area contributed by atoms with Gasteiger partial charge < -0.3 is 14.2 Å². The monoisotopic (exact) mass is 222 g/mol. The number of ether oxygens (including phenoxy) is 3. The zero-order valence-corrected chi connectivity index (χ0v) is 9.30. The van der Waals surface area contributed by atoms with Crippen LogP contribution >= 0.6 is 0 Å². The van der Waals surface area contributed by atoms with Crippen molar-refractivity contribution in [1.82, 2.24) is 0 Å². The third-order valence-electron chi connectivity index (χ3n) is 1.98. The predicted molar refractivity (Wildman–Crippen MR) is 60.6 cm³/mol. The van der Waals surface area contributed by atoms with E-state index < -0.39 is 0 Å². The Hall–Kier alpha value is -1.97. The molecule has 16 heavy (non-hydrogen) atoms. The zero-order valence-electron chi connectivity index (χ0n) is 9.30. The first kappa shape index (κ1) is 12.1. The van der Waals surface area contributed by atoms with Gasteiger partial charge in [-0.3, -0.25) is 4.79 Å². The minimum atomic E-state index is 0.262. The van der Waals surface area contributed by atoms with Crippen molar-refractivity contribution in [2.75, 3.05) is 20.8 Å². The van der Waals surface area contributed by atoms with Crippen LogP contribution in [0.4, 0.5) is 0 Å². The summed E-state index contributed by atoms with van der Waals surface area (Å²) >= 11 is 0. The van der Waals surface area contributed by atoms with Crippen LogP contribution in [0.5, 0.6) is 11.5 Å². The third kappa shape index (κ3) is 3.31. The van der Waals surface area contributed by atoms with Crippen molar-refractivity contribution in [2.45, 2.75) is 0 Å². The van der Waals surface area contributed by atoms with Crippen LogP contribution < -0.4 is 9.47 Å². The molecular formula is C12H14O4. The molecule has 0 radical (unpaired) electrons. The van der Waals surface area contributed by atoms with E-state index in [4.69, 9.17) is 9.47 Å². The second-order valence-corrected chi connectivity index (χ2v) is 2.95. The fourth-order valence-corrected chi connectivity index (χ4v) is 1.24. The maximum absolute atomic E-state index is 9.91. The van der Waals surface area contributed by atoms with Crippen molar-refractivity contribution in [3.05, 3.63) is 29.8 Å². The summed E-state index contributed by atoms with van der Waals surface area (Å²) in [6, 6.07) is 5.55. The molecule has 1 rings (SSSR count). The number of hydrogen-bond acceptors (Lipinski definition) is 4. The molecule has 0 atom stereocenters. The van der Waals surface area contributed by atoms with Crippen LogP contribution in [0.3, 0.4) is 0 Å². The molecule has 0 fully saturated rings. The molecule has 0 bridgehead atoms. The van der Waals surface area contributed by atoms with E-state index in [0.717, 1.165) is 5.56 Å². The third-order valence-corrected chi connectivity index (χ3v) is 1.98. The molecule has 1 aromatic carbocycles. The molecule has 4 heteroatoms. The van der Waals surface area contributed by atoms with E-state index >= 15 is 0 Å². The van der Waals surface area contributed by atoms with Gasteiger partial charge in [0, 0.05) is 0 Å². The summed E-state index contributed by atoms with van der Waals surface area (Å²) in [5.74, 6) is 1.35. The van der Waals surface area contributed by atoms with Crippen LogP contribution in [0.1, 0.15) is 5.56 Å². The van der Waals surface area contributed by atoms with Crippen LogP contribution in [0.25, 0.3) is 6.08 Å². The number of carbonyl (C=O) groups is 1. The Morgan fingerprint density at radius 1 is 1.19 bits per heavy atom. The van der Waals surface area contributed by atoms with Crippen molar-refractivity contribution in [1.29, 1.82) is 0 Å². The van der Waals surface area contributed by atoms with E-state index in [2.05, 4.69) is 4.74 Å². The first-order chi connectivity index (χ1) is 7.81. The molecule has 0 saturated carbocycles. The van der Waals surface area contributed by atoms with Gasteiger partial charge in [-0.05, 0) is 23.8 Å². The molecular weight excluding hydrogens is 208 g/mol. The van der Waals surface area contributed by atoms with E-state index in [9.17, 15) is 4.79 Å². The molecule has 0 aliphatic rings. The summed E-state index contributed by atoms with van der Waals surface area (Å²) in [6.45, 7) is 0.677. The van der Waals surface area contributed by atoms with Crippen molar-refractivity contribution < 1.29 is 19.0 Å². The Morgan fingerprint density at radius 3 is 2.56 bits per heavy atom. The molecule has 0 aliphatic heterocycles. The largest absolute Gasteiger partial charge is 0.493 e. The Labute approximate surface area is 94.4 Å². The smallest absolute Gasteiger partial charge is 0.293 e. The second-order valence-electron chi connectivity index (χ2n) is 2.95. The highest BCUT2D eigenvalue weighted by molar-refractivity contribution is 5.56. The normalized spacial score (nSPS) is 10.1. The van der Waals surface area contributed by atoms with Crippen LogP contribution in [0.15, 0.2) is 24.3 Å². The molecule has 0 aromatic heterocycles. The molecule has 86 valence electrons. The zero-order chi connectivity index (χ0) is 11.8. The second kappa shape index (κ2) is 6.50. The van der Waals surface area contributed by atoms with Crippen LogP contribution in [-0.4, -0.2) is 27.3 Å². The minimum absolute atomic E-state index is 0.262. The van der Waals surface area contributed by atoms with Gasteiger partial charge in [-0.1, -0.05) is 12.1 Å². The first-order valence-corrected chi connectivity index (χ1v) is 4.75. The predicted octanol–water partition coefficient (Wildman–Crippen LogP) is 1.89.